The molecule has 0 saturated heterocycles. The van der Waals surface area contributed by atoms with Crippen LogP contribution < -0.4 is 10.2 Å². The van der Waals surface area contributed by atoms with E-state index < -0.39 is 5.82 Å². The predicted molar refractivity (Wildman–Crippen MR) is 84.9 cm³/mol. The van der Waals surface area contributed by atoms with Crippen molar-refractivity contribution in [3.63, 3.8) is 0 Å². The highest BCUT2D eigenvalue weighted by molar-refractivity contribution is 6.34. The lowest BCUT2D eigenvalue weighted by Crippen LogP contribution is -2.17. The number of carbonyl (C=O) groups excluding carboxylic acids is 1. The molecule has 2 rings (SSSR count). The van der Waals surface area contributed by atoms with E-state index in [1.807, 2.05) is 19.0 Å². The lowest BCUT2D eigenvalue weighted by molar-refractivity contribution is 0.102. The Bertz CT molecular complexity index is 686. The summed E-state index contributed by atoms with van der Waals surface area (Å²) in [6.07, 6.45) is 0. The molecule has 2 aromatic rings. The molecule has 0 heterocycles. The standard InChI is InChI=1S/C16H16ClFN2O/c1-10-7-8-11(9-13(10)18)16(21)19-14-6-4-5-12(17)15(14)20(2)3/h4-9H,1-3H3,(H,19,21). The van der Waals surface area contributed by atoms with Gasteiger partial charge in [0.15, 0.2) is 0 Å². The van der Waals surface area contributed by atoms with Gasteiger partial charge in [0.2, 0.25) is 0 Å². The maximum Gasteiger partial charge on any atom is 0.255 e. The van der Waals surface area contributed by atoms with E-state index in [1.54, 1.807) is 37.3 Å². The second kappa shape index (κ2) is 6.14. The Morgan fingerprint density at radius 3 is 2.57 bits per heavy atom. The fourth-order valence-corrected chi connectivity index (χ4v) is 2.34. The fraction of sp³-hybridized carbons (Fsp3) is 0.188. The Kier molecular flexibility index (Phi) is 4.48. The Labute approximate surface area is 128 Å². The minimum absolute atomic E-state index is 0.266. The van der Waals surface area contributed by atoms with Gasteiger partial charge in [-0.3, -0.25) is 4.79 Å². The molecule has 2 aromatic carbocycles. The summed E-state index contributed by atoms with van der Waals surface area (Å²) in [5.74, 6) is -0.777. The van der Waals surface area contributed by atoms with E-state index in [-0.39, 0.29) is 11.5 Å². The zero-order chi connectivity index (χ0) is 15.6. The van der Waals surface area contributed by atoms with Crippen LogP contribution in [0.1, 0.15) is 15.9 Å². The van der Waals surface area contributed by atoms with Crippen LogP contribution >= 0.6 is 11.6 Å². The number of hydrogen-bond donors (Lipinski definition) is 1. The van der Waals surface area contributed by atoms with Crippen molar-refractivity contribution < 1.29 is 9.18 Å². The number of amides is 1. The zero-order valence-corrected chi connectivity index (χ0v) is 12.8. The Morgan fingerprint density at radius 2 is 1.95 bits per heavy atom. The van der Waals surface area contributed by atoms with Crippen LogP contribution in [-0.2, 0) is 0 Å². The number of nitrogens with zero attached hydrogens (tertiary/aromatic N) is 1. The summed E-state index contributed by atoms with van der Waals surface area (Å²) in [4.78, 5) is 14.0. The molecular weight excluding hydrogens is 291 g/mol. The smallest absolute Gasteiger partial charge is 0.255 e. The first kappa shape index (κ1) is 15.3. The highest BCUT2D eigenvalue weighted by Crippen LogP contribution is 2.32. The number of benzene rings is 2. The molecule has 1 amide bonds. The van der Waals surface area contributed by atoms with Crippen LogP contribution in [0.25, 0.3) is 0 Å². The topological polar surface area (TPSA) is 32.3 Å². The molecule has 0 radical (unpaired) electrons. The third-order valence-corrected chi connectivity index (χ3v) is 3.42. The molecule has 0 aliphatic carbocycles. The highest BCUT2D eigenvalue weighted by atomic mass is 35.5. The molecule has 1 N–H and O–H groups in total. The summed E-state index contributed by atoms with van der Waals surface area (Å²) in [5, 5.41) is 3.30. The number of rotatable bonds is 3. The molecule has 110 valence electrons. The molecule has 21 heavy (non-hydrogen) atoms. The van der Waals surface area contributed by atoms with Gasteiger partial charge in [0.25, 0.3) is 5.91 Å². The van der Waals surface area contributed by atoms with Crippen LogP contribution in [0.3, 0.4) is 0 Å². The minimum Gasteiger partial charge on any atom is -0.375 e. The molecule has 0 unspecified atom stereocenters. The first-order valence-electron chi connectivity index (χ1n) is 6.43. The van der Waals surface area contributed by atoms with Crippen LogP contribution in [0.15, 0.2) is 36.4 Å². The summed E-state index contributed by atoms with van der Waals surface area (Å²) in [6, 6.07) is 9.65. The molecule has 0 spiro atoms. The van der Waals surface area contributed by atoms with Crippen molar-refractivity contribution >= 4 is 28.9 Å². The number of anilines is 2. The van der Waals surface area contributed by atoms with E-state index in [9.17, 15) is 9.18 Å². The van der Waals surface area contributed by atoms with Gasteiger partial charge in [0.1, 0.15) is 5.82 Å². The van der Waals surface area contributed by atoms with Crippen LogP contribution in [0.5, 0.6) is 0 Å². The highest BCUT2D eigenvalue weighted by Gasteiger charge is 2.13. The molecule has 5 heteroatoms. The van der Waals surface area contributed by atoms with Gasteiger partial charge in [-0.1, -0.05) is 23.7 Å². The largest absolute Gasteiger partial charge is 0.375 e. The van der Waals surface area contributed by atoms with Gasteiger partial charge in [0, 0.05) is 19.7 Å². The average Bonchev–Trinajstić information content (AvgIpc) is 2.41. The van der Waals surface area contributed by atoms with Gasteiger partial charge in [0.05, 0.1) is 16.4 Å². The van der Waals surface area contributed by atoms with Crippen LogP contribution in [0.4, 0.5) is 15.8 Å². The molecule has 0 aromatic heterocycles. The average molecular weight is 307 g/mol. The van der Waals surface area contributed by atoms with Gasteiger partial charge in [-0.05, 0) is 36.8 Å². The van der Waals surface area contributed by atoms with E-state index >= 15 is 0 Å². The van der Waals surface area contributed by atoms with Gasteiger partial charge in [-0.25, -0.2) is 4.39 Å². The first-order chi connectivity index (χ1) is 9.90. The van der Waals surface area contributed by atoms with Crippen LogP contribution in [0.2, 0.25) is 5.02 Å². The molecule has 3 nitrogen and oxygen atoms in total. The van der Waals surface area contributed by atoms with Gasteiger partial charge in [-0.2, -0.15) is 0 Å². The van der Waals surface area contributed by atoms with Crippen molar-refractivity contribution in [3.8, 4) is 0 Å². The molecule has 0 aliphatic rings. The van der Waals surface area contributed by atoms with Crippen molar-refractivity contribution in [1.29, 1.82) is 0 Å². The lowest BCUT2D eigenvalue weighted by Gasteiger charge is -2.19. The molecule has 0 atom stereocenters. The fourth-order valence-electron chi connectivity index (χ4n) is 2.00. The van der Waals surface area contributed by atoms with Crippen molar-refractivity contribution in [2.24, 2.45) is 0 Å². The maximum absolute atomic E-state index is 13.5. The summed E-state index contributed by atoms with van der Waals surface area (Å²) in [6.45, 7) is 1.65. The number of aryl methyl sites for hydroxylation is 1. The van der Waals surface area contributed by atoms with Crippen LogP contribution in [-0.4, -0.2) is 20.0 Å². The van der Waals surface area contributed by atoms with E-state index in [1.165, 1.54) is 6.07 Å². The Balaban J connectivity index is 2.31. The summed E-state index contributed by atoms with van der Waals surface area (Å²) < 4.78 is 13.5. The Morgan fingerprint density at radius 1 is 1.24 bits per heavy atom. The Hall–Kier alpha value is -2.07. The summed E-state index contributed by atoms with van der Waals surface area (Å²) in [7, 11) is 3.67. The van der Waals surface area contributed by atoms with Crippen molar-refractivity contribution in [3.05, 3.63) is 58.4 Å². The third kappa shape index (κ3) is 3.34. The third-order valence-electron chi connectivity index (χ3n) is 3.12. The molecular formula is C16H16ClFN2O. The molecule has 0 bridgehead atoms. The monoisotopic (exact) mass is 306 g/mol. The summed E-state index contributed by atoms with van der Waals surface area (Å²) >= 11 is 6.15. The lowest BCUT2D eigenvalue weighted by atomic mass is 10.1. The normalized spacial score (nSPS) is 10.3. The minimum atomic E-state index is -0.401. The van der Waals surface area contributed by atoms with Gasteiger partial charge < -0.3 is 10.2 Å². The zero-order valence-electron chi connectivity index (χ0n) is 12.1. The van der Waals surface area contributed by atoms with E-state index in [0.29, 0.717) is 22.0 Å². The van der Waals surface area contributed by atoms with E-state index in [0.717, 1.165) is 0 Å². The summed E-state index contributed by atoms with van der Waals surface area (Å²) in [5.41, 5.74) is 2.06. The molecule has 0 aliphatic heterocycles. The quantitative estimate of drug-likeness (QED) is 0.925. The van der Waals surface area contributed by atoms with Crippen LogP contribution in [0, 0.1) is 12.7 Å². The van der Waals surface area contributed by atoms with Crippen molar-refractivity contribution in [1.82, 2.24) is 0 Å². The second-order valence-corrected chi connectivity index (χ2v) is 5.36. The van der Waals surface area contributed by atoms with Crippen molar-refractivity contribution in [2.75, 3.05) is 24.3 Å². The van der Waals surface area contributed by atoms with Crippen molar-refractivity contribution in [2.45, 2.75) is 6.92 Å². The number of nitrogens with one attached hydrogen (secondary N) is 1. The second-order valence-electron chi connectivity index (χ2n) is 4.95. The maximum atomic E-state index is 13.5. The number of carbonyl (C=O) groups is 1. The number of hydrogen-bond acceptors (Lipinski definition) is 2. The van der Waals surface area contributed by atoms with E-state index in [4.69, 9.17) is 11.6 Å². The first-order valence-corrected chi connectivity index (χ1v) is 6.81. The van der Waals surface area contributed by atoms with Gasteiger partial charge in [-0.15, -0.1) is 0 Å². The number of para-hydroxylation sites is 1. The van der Waals surface area contributed by atoms with E-state index in [2.05, 4.69) is 5.32 Å². The number of halogens is 2. The van der Waals surface area contributed by atoms with Gasteiger partial charge >= 0.3 is 0 Å². The molecule has 0 fully saturated rings. The SMILES string of the molecule is Cc1ccc(C(=O)Nc2cccc(Cl)c2N(C)C)cc1F. The predicted octanol–water partition coefficient (Wildman–Crippen LogP) is 4.11. The molecule has 0 saturated carbocycles.